The molecule has 0 N–H and O–H groups in total. The van der Waals surface area contributed by atoms with Gasteiger partial charge >= 0.3 is 0 Å². The van der Waals surface area contributed by atoms with Gasteiger partial charge in [0, 0.05) is 32.8 Å². The number of hydrogen-bond donors (Lipinski definition) is 0. The number of benzene rings is 8. The second-order valence-electron chi connectivity index (χ2n) is 12.8. The van der Waals surface area contributed by atoms with Crippen molar-refractivity contribution in [2.24, 2.45) is 0 Å². The van der Waals surface area contributed by atoms with Crippen LogP contribution >= 0.6 is 0 Å². The largest absolute Gasteiger partial charge is 0.455 e. The second kappa shape index (κ2) is 11.9. The normalized spacial score (nSPS) is 11.5. The van der Waals surface area contributed by atoms with E-state index in [0.29, 0.717) is 17.5 Å². The molecule has 0 aliphatic rings. The van der Waals surface area contributed by atoms with Gasteiger partial charge in [-0.15, -0.1) is 0 Å². The first-order valence-electron chi connectivity index (χ1n) is 17.1. The molecule has 51 heavy (non-hydrogen) atoms. The van der Waals surface area contributed by atoms with Crippen LogP contribution in [0.2, 0.25) is 0 Å². The highest BCUT2D eigenvalue weighted by molar-refractivity contribution is 6.21. The molecule has 0 saturated carbocycles. The van der Waals surface area contributed by atoms with Crippen molar-refractivity contribution in [2.75, 3.05) is 0 Å². The number of furan rings is 1. The van der Waals surface area contributed by atoms with Crippen LogP contribution in [-0.2, 0) is 0 Å². The van der Waals surface area contributed by atoms with Crippen molar-refractivity contribution >= 4 is 43.5 Å². The minimum Gasteiger partial charge on any atom is -0.455 e. The third-order valence-electron chi connectivity index (χ3n) is 9.70. The van der Waals surface area contributed by atoms with Gasteiger partial charge in [0.25, 0.3) is 0 Å². The van der Waals surface area contributed by atoms with Gasteiger partial charge in [-0.25, -0.2) is 15.0 Å². The molecule has 0 aliphatic heterocycles. The van der Waals surface area contributed by atoms with E-state index in [9.17, 15) is 0 Å². The van der Waals surface area contributed by atoms with Crippen LogP contribution in [0, 0.1) is 0 Å². The summed E-state index contributed by atoms with van der Waals surface area (Å²) >= 11 is 0. The van der Waals surface area contributed by atoms with E-state index in [0.717, 1.165) is 77.0 Å². The SMILES string of the molecule is c1ccc(-c2cccc(-c3nc(-c4ccc5ccccc5c4)nc(-c4cccc5oc6c7ccccc7c(-c7ccccc7)cc6c45)n3)c2)cc1. The van der Waals surface area contributed by atoms with Crippen molar-refractivity contribution in [1.82, 2.24) is 15.0 Å². The lowest BCUT2D eigenvalue weighted by molar-refractivity contribution is 0.673. The molecule has 4 heteroatoms. The van der Waals surface area contributed by atoms with E-state index in [-0.39, 0.29) is 0 Å². The Kier molecular flexibility index (Phi) is 6.78. The molecule has 4 nitrogen and oxygen atoms in total. The first-order valence-corrected chi connectivity index (χ1v) is 17.1. The van der Waals surface area contributed by atoms with Crippen LogP contribution in [0.4, 0.5) is 0 Å². The third-order valence-corrected chi connectivity index (χ3v) is 9.70. The smallest absolute Gasteiger partial charge is 0.164 e. The van der Waals surface area contributed by atoms with E-state index in [2.05, 4.69) is 158 Å². The van der Waals surface area contributed by atoms with Crippen LogP contribution in [0.1, 0.15) is 0 Å². The zero-order valence-electron chi connectivity index (χ0n) is 27.5. The topological polar surface area (TPSA) is 51.8 Å². The second-order valence-corrected chi connectivity index (χ2v) is 12.8. The van der Waals surface area contributed by atoms with Gasteiger partial charge in [-0.1, -0.05) is 152 Å². The van der Waals surface area contributed by atoms with Gasteiger partial charge in [-0.05, 0) is 62.7 Å². The Morgan fingerprint density at radius 1 is 0.333 bits per heavy atom. The highest BCUT2D eigenvalue weighted by Crippen LogP contribution is 2.43. The molecule has 0 saturated heterocycles. The van der Waals surface area contributed by atoms with Crippen molar-refractivity contribution in [3.05, 3.63) is 176 Å². The maximum atomic E-state index is 6.69. The number of nitrogens with zero attached hydrogens (tertiary/aromatic N) is 3. The van der Waals surface area contributed by atoms with E-state index in [1.165, 1.54) is 5.39 Å². The van der Waals surface area contributed by atoms with Crippen LogP contribution in [-0.4, -0.2) is 15.0 Å². The number of aromatic nitrogens is 3. The Morgan fingerprint density at radius 3 is 1.75 bits per heavy atom. The Morgan fingerprint density at radius 2 is 0.941 bits per heavy atom. The minimum absolute atomic E-state index is 0.594. The van der Waals surface area contributed by atoms with E-state index >= 15 is 0 Å². The summed E-state index contributed by atoms with van der Waals surface area (Å²) in [5.74, 6) is 1.82. The highest BCUT2D eigenvalue weighted by atomic mass is 16.3. The monoisotopic (exact) mass is 651 g/mol. The molecule has 0 bridgehead atoms. The Labute approximate surface area is 294 Å². The van der Waals surface area contributed by atoms with Gasteiger partial charge in [0.2, 0.25) is 0 Å². The summed E-state index contributed by atoms with van der Waals surface area (Å²) in [6, 6.07) is 61.0. The average molecular weight is 652 g/mol. The molecule has 0 unspecified atom stereocenters. The van der Waals surface area contributed by atoms with Crippen LogP contribution in [0.3, 0.4) is 0 Å². The molecule has 0 aliphatic carbocycles. The van der Waals surface area contributed by atoms with Gasteiger partial charge in [0.05, 0.1) is 0 Å². The summed E-state index contributed by atoms with van der Waals surface area (Å²) in [5.41, 5.74) is 8.94. The standard InChI is InChI=1S/C47H29N3O/c1-3-13-30(14-4-1)34-19-11-20-35(27-34)45-48-46(36-26-25-31-15-7-8-18-33(31)28-36)50-47(49-45)39-23-12-24-42-43(39)41-29-40(32-16-5-2-6-17-32)37-21-9-10-22-38(37)44(41)51-42/h1-29H. The zero-order chi connectivity index (χ0) is 33.7. The summed E-state index contributed by atoms with van der Waals surface area (Å²) in [4.78, 5) is 15.5. The molecule has 238 valence electrons. The lowest BCUT2D eigenvalue weighted by Gasteiger charge is -2.11. The summed E-state index contributed by atoms with van der Waals surface area (Å²) in [5, 5.41) is 6.53. The van der Waals surface area contributed by atoms with E-state index < -0.39 is 0 Å². The van der Waals surface area contributed by atoms with Crippen LogP contribution < -0.4 is 0 Å². The predicted octanol–water partition coefficient (Wildman–Crippen LogP) is 12.4. The Hall–Kier alpha value is -6.91. The number of fused-ring (bicyclic) bond motifs is 6. The van der Waals surface area contributed by atoms with Gasteiger partial charge in [-0.2, -0.15) is 0 Å². The molecular weight excluding hydrogens is 623 g/mol. The highest BCUT2D eigenvalue weighted by Gasteiger charge is 2.21. The molecule has 0 atom stereocenters. The Bertz CT molecular complexity index is 2910. The zero-order valence-corrected chi connectivity index (χ0v) is 27.5. The van der Waals surface area contributed by atoms with Crippen LogP contribution in [0.5, 0.6) is 0 Å². The van der Waals surface area contributed by atoms with Crippen LogP contribution in [0.25, 0.3) is 99.9 Å². The van der Waals surface area contributed by atoms with Crippen molar-refractivity contribution in [3.63, 3.8) is 0 Å². The predicted molar refractivity (Wildman–Crippen MR) is 209 cm³/mol. The quantitative estimate of drug-likeness (QED) is 0.186. The molecule has 0 fully saturated rings. The fourth-order valence-electron chi connectivity index (χ4n) is 7.24. The first kappa shape index (κ1) is 29.0. The summed E-state index contributed by atoms with van der Waals surface area (Å²) in [6.07, 6.45) is 0. The van der Waals surface area contributed by atoms with Crippen molar-refractivity contribution in [3.8, 4) is 56.4 Å². The van der Waals surface area contributed by atoms with Gasteiger partial charge < -0.3 is 4.42 Å². The fraction of sp³-hybridized carbons (Fsp3) is 0. The van der Waals surface area contributed by atoms with Crippen molar-refractivity contribution in [2.45, 2.75) is 0 Å². The molecule has 2 aromatic heterocycles. The minimum atomic E-state index is 0.594. The van der Waals surface area contributed by atoms with Gasteiger partial charge in [0.15, 0.2) is 17.5 Å². The lowest BCUT2D eigenvalue weighted by atomic mass is 9.94. The summed E-state index contributed by atoms with van der Waals surface area (Å²) < 4.78 is 6.69. The van der Waals surface area contributed by atoms with Gasteiger partial charge in [0.1, 0.15) is 11.2 Å². The molecule has 2 heterocycles. The van der Waals surface area contributed by atoms with E-state index in [1.807, 2.05) is 18.2 Å². The average Bonchev–Trinajstić information content (AvgIpc) is 3.60. The molecule has 8 aromatic carbocycles. The number of rotatable bonds is 5. The third kappa shape index (κ3) is 5.04. The number of hydrogen-bond acceptors (Lipinski definition) is 4. The summed E-state index contributed by atoms with van der Waals surface area (Å²) in [7, 11) is 0. The van der Waals surface area contributed by atoms with Crippen molar-refractivity contribution in [1.29, 1.82) is 0 Å². The first-order chi connectivity index (χ1) is 25.3. The van der Waals surface area contributed by atoms with Crippen molar-refractivity contribution < 1.29 is 4.42 Å². The van der Waals surface area contributed by atoms with Gasteiger partial charge in [-0.3, -0.25) is 0 Å². The van der Waals surface area contributed by atoms with E-state index in [4.69, 9.17) is 19.4 Å². The molecular formula is C47H29N3O. The molecule has 0 amide bonds. The molecule has 10 rings (SSSR count). The molecule has 10 aromatic rings. The molecule has 0 radical (unpaired) electrons. The Balaban J connectivity index is 1.24. The van der Waals surface area contributed by atoms with Crippen LogP contribution in [0.15, 0.2) is 180 Å². The summed E-state index contributed by atoms with van der Waals surface area (Å²) in [6.45, 7) is 0. The molecule has 0 spiro atoms. The van der Waals surface area contributed by atoms with E-state index in [1.54, 1.807) is 0 Å². The fourth-order valence-corrected chi connectivity index (χ4v) is 7.24. The maximum Gasteiger partial charge on any atom is 0.164 e. The lowest BCUT2D eigenvalue weighted by Crippen LogP contribution is -2.00. The maximum absolute atomic E-state index is 6.69.